The van der Waals surface area contributed by atoms with Crippen molar-refractivity contribution >= 4 is 29.5 Å². The van der Waals surface area contributed by atoms with Crippen LogP contribution in [-0.2, 0) is 23.9 Å². The Labute approximate surface area is 283 Å². The molecule has 0 radical (unpaired) electrons. The summed E-state index contributed by atoms with van der Waals surface area (Å²) >= 11 is 1.58. The van der Waals surface area contributed by atoms with Crippen LogP contribution in [0.15, 0.2) is 0 Å². The maximum absolute atomic E-state index is 12.5. The molecule has 0 heterocycles. The molecular formula is C39H74O5S. The molecule has 0 spiro atoms. The monoisotopic (exact) mass is 655 g/mol. The Morgan fingerprint density at radius 1 is 0.489 bits per heavy atom. The Morgan fingerprint density at radius 3 is 1.22 bits per heavy atom. The summed E-state index contributed by atoms with van der Waals surface area (Å²) in [6.45, 7) is 6.22. The van der Waals surface area contributed by atoms with Gasteiger partial charge in [0, 0.05) is 30.8 Å². The first-order valence-corrected chi connectivity index (χ1v) is 20.6. The number of unbranched alkanes of at least 4 members (excludes halogenated alkanes) is 24. The number of ketones is 1. The van der Waals surface area contributed by atoms with Crippen molar-refractivity contribution in [2.45, 2.75) is 213 Å². The standard InChI is InChI=1S/C39H74O5S/c1-4-6-8-10-12-14-16-18-20-22-24-26-28-30-38(41)43-34-37(35-45-33-32-36(3)40)44-39(42)31-29-27-25-23-21-19-17-15-13-11-9-7-5-2/h37H,4-35H2,1-3H3/t37-/m1/s1. The number of esters is 2. The number of thioether (sulfide) groups is 1. The number of hydrogen-bond donors (Lipinski definition) is 0. The molecule has 0 saturated heterocycles. The van der Waals surface area contributed by atoms with Crippen molar-refractivity contribution in [1.82, 2.24) is 0 Å². The highest BCUT2D eigenvalue weighted by Crippen LogP contribution is 2.16. The lowest BCUT2D eigenvalue weighted by atomic mass is 10.0. The summed E-state index contributed by atoms with van der Waals surface area (Å²) < 4.78 is 11.2. The maximum Gasteiger partial charge on any atom is 0.306 e. The van der Waals surface area contributed by atoms with Crippen LogP contribution in [0.5, 0.6) is 0 Å². The van der Waals surface area contributed by atoms with Crippen LogP contribution < -0.4 is 0 Å². The second-order valence-electron chi connectivity index (χ2n) is 13.3. The molecule has 0 aromatic rings. The molecule has 0 aliphatic carbocycles. The molecule has 1 atom stereocenters. The van der Waals surface area contributed by atoms with Crippen LogP contribution in [-0.4, -0.2) is 41.9 Å². The van der Waals surface area contributed by atoms with Gasteiger partial charge in [-0.25, -0.2) is 0 Å². The van der Waals surface area contributed by atoms with E-state index in [-0.39, 0.29) is 24.3 Å². The Kier molecular flexibility index (Phi) is 35.0. The lowest BCUT2D eigenvalue weighted by molar-refractivity contribution is -0.157. The van der Waals surface area contributed by atoms with Gasteiger partial charge in [-0.1, -0.05) is 168 Å². The van der Waals surface area contributed by atoms with Crippen molar-refractivity contribution in [3.8, 4) is 0 Å². The molecule has 266 valence electrons. The first-order chi connectivity index (χ1) is 22.0. The number of carbonyl (C=O) groups is 3. The maximum atomic E-state index is 12.5. The summed E-state index contributed by atoms with van der Waals surface area (Å²) in [5.74, 6) is 0.980. The second-order valence-corrected chi connectivity index (χ2v) is 14.5. The highest BCUT2D eigenvalue weighted by Gasteiger charge is 2.17. The van der Waals surface area contributed by atoms with Gasteiger partial charge in [0.25, 0.3) is 0 Å². The van der Waals surface area contributed by atoms with Gasteiger partial charge in [-0.2, -0.15) is 11.8 Å². The molecule has 0 saturated carbocycles. The minimum Gasteiger partial charge on any atom is -0.462 e. The normalized spacial score (nSPS) is 11.9. The molecular weight excluding hydrogens is 580 g/mol. The molecule has 0 aliphatic heterocycles. The van der Waals surface area contributed by atoms with Crippen molar-refractivity contribution in [2.24, 2.45) is 0 Å². The van der Waals surface area contributed by atoms with Gasteiger partial charge in [-0.15, -0.1) is 0 Å². The minimum atomic E-state index is -0.452. The van der Waals surface area contributed by atoms with E-state index in [2.05, 4.69) is 13.8 Å². The molecule has 6 heteroatoms. The smallest absolute Gasteiger partial charge is 0.306 e. The van der Waals surface area contributed by atoms with Crippen LogP contribution in [0.2, 0.25) is 0 Å². The van der Waals surface area contributed by atoms with E-state index in [1.807, 2.05) is 0 Å². The van der Waals surface area contributed by atoms with Crippen molar-refractivity contribution < 1.29 is 23.9 Å². The fraction of sp³-hybridized carbons (Fsp3) is 0.923. The van der Waals surface area contributed by atoms with Crippen LogP contribution in [0.3, 0.4) is 0 Å². The summed E-state index contributed by atoms with van der Waals surface area (Å²) in [7, 11) is 0. The van der Waals surface area contributed by atoms with Gasteiger partial charge in [0.1, 0.15) is 18.5 Å². The third-order valence-corrected chi connectivity index (χ3v) is 9.70. The van der Waals surface area contributed by atoms with E-state index in [4.69, 9.17) is 9.47 Å². The Bertz CT molecular complexity index is 668. The molecule has 45 heavy (non-hydrogen) atoms. The summed E-state index contributed by atoms with van der Waals surface area (Å²) in [5, 5.41) is 0. The molecule has 0 aliphatic rings. The molecule has 0 N–H and O–H groups in total. The zero-order chi connectivity index (χ0) is 33.1. The minimum absolute atomic E-state index is 0.106. The predicted octanol–water partition coefficient (Wildman–Crippen LogP) is 12.1. The third-order valence-electron chi connectivity index (χ3n) is 8.60. The Morgan fingerprint density at radius 2 is 0.844 bits per heavy atom. The van der Waals surface area contributed by atoms with Gasteiger partial charge in [-0.3, -0.25) is 14.4 Å². The number of hydrogen-bond acceptors (Lipinski definition) is 6. The molecule has 0 fully saturated rings. The van der Waals surface area contributed by atoms with Gasteiger partial charge >= 0.3 is 11.9 Å². The van der Waals surface area contributed by atoms with Crippen molar-refractivity contribution in [3.63, 3.8) is 0 Å². The fourth-order valence-corrected chi connectivity index (χ4v) is 6.65. The van der Waals surface area contributed by atoms with Crippen LogP contribution in [0, 0.1) is 0 Å². The molecule has 0 unspecified atom stereocenters. The fourth-order valence-electron chi connectivity index (χ4n) is 5.62. The van der Waals surface area contributed by atoms with Gasteiger partial charge < -0.3 is 9.47 Å². The number of rotatable bonds is 36. The van der Waals surface area contributed by atoms with Crippen LogP contribution in [0.1, 0.15) is 207 Å². The highest BCUT2D eigenvalue weighted by atomic mass is 32.2. The van der Waals surface area contributed by atoms with Crippen molar-refractivity contribution in [2.75, 3.05) is 18.1 Å². The van der Waals surface area contributed by atoms with Crippen LogP contribution in [0.4, 0.5) is 0 Å². The summed E-state index contributed by atoms with van der Waals surface area (Å²) in [6, 6.07) is 0. The lowest BCUT2D eigenvalue weighted by Crippen LogP contribution is -2.27. The third kappa shape index (κ3) is 35.7. The summed E-state index contributed by atoms with van der Waals surface area (Å²) in [4.78, 5) is 36.2. The Balaban J connectivity index is 3.97. The first kappa shape index (κ1) is 44.0. The van der Waals surface area contributed by atoms with E-state index in [0.29, 0.717) is 30.8 Å². The second kappa shape index (κ2) is 35.8. The first-order valence-electron chi connectivity index (χ1n) is 19.4. The van der Waals surface area contributed by atoms with Crippen LogP contribution in [0.25, 0.3) is 0 Å². The topological polar surface area (TPSA) is 69.7 Å². The van der Waals surface area contributed by atoms with Gasteiger partial charge in [0.05, 0.1) is 0 Å². The Hall–Kier alpha value is -1.04. The van der Waals surface area contributed by atoms with E-state index < -0.39 is 6.10 Å². The number of carbonyl (C=O) groups excluding carboxylic acids is 3. The van der Waals surface area contributed by atoms with E-state index in [0.717, 1.165) is 25.7 Å². The highest BCUT2D eigenvalue weighted by molar-refractivity contribution is 7.99. The predicted molar refractivity (Wildman–Crippen MR) is 194 cm³/mol. The zero-order valence-corrected chi connectivity index (χ0v) is 31.0. The average molecular weight is 655 g/mol. The average Bonchev–Trinajstić information content (AvgIpc) is 3.02. The van der Waals surface area contributed by atoms with E-state index in [1.165, 1.54) is 141 Å². The zero-order valence-electron chi connectivity index (χ0n) is 30.2. The van der Waals surface area contributed by atoms with E-state index >= 15 is 0 Å². The van der Waals surface area contributed by atoms with Gasteiger partial charge in [0.2, 0.25) is 0 Å². The van der Waals surface area contributed by atoms with Gasteiger partial charge in [0.15, 0.2) is 0 Å². The molecule has 0 aromatic heterocycles. The lowest BCUT2D eigenvalue weighted by Gasteiger charge is -2.18. The molecule has 0 aromatic carbocycles. The van der Waals surface area contributed by atoms with Crippen molar-refractivity contribution in [3.05, 3.63) is 0 Å². The largest absolute Gasteiger partial charge is 0.462 e. The summed E-state index contributed by atoms with van der Waals surface area (Å²) in [6.07, 6.45) is 34.0. The molecule has 0 bridgehead atoms. The number of Topliss-reactive ketones (excluding diaryl/α,β-unsaturated/α-hetero) is 1. The molecule has 0 amide bonds. The van der Waals surface area contributed by atoms with Gasteiger partial charge in [-0.05, 0) is 19.8 Å². The van der Waals surface area contributed by atoms with E-state index in [9.17, 15) is 14.4 Å². The molecule has 5 nitrogen and oxygen atoms in total. The molecule has 0 rings (SSSR count). The van der Waals surface area contributed by atoms with Crippen molar-refractivity contribution in [1.29, 1.82) is 0 Å². The quantitative estimate of drug-likeness (QED) is 0.0494. The van der Waals surface area contributed by atoms with Crippen LogP contribution >= 0.6 is 11.8 Å². The number of ether oxygens (including phenoxy) is 2. The SMILES string of the molecule is CCCCCCCCCCCCCCCC(=O)OC[C@H](CSCCC(C)=O)OC(=O)CCCCCCCCCCCCCCC. The summed E-state index contributed by atoms with van der Waals surface area (Å²) in [5.41, 5.74) is 0. The van der Waals surface area contributed by atoms with E-state index in [1.54, 1.807) is 18.7 Å².